The molecule has 5 N–H and O–H groups in total. The summed E-state index contributed by atoms with van der Waals surface area (Å²) in [4.78, 5) is 24.6. The van der Waals surface area contributed by atoms with Gasteiger partial charge in [-0.05, 0) is 38.5 Å². The molecular formula is C14H22N4O2. The highest BCUT2D eigenvalue weighted by Gasteiger charge is 2.24. The molecule has 0 aromatic heterocycles. The maximum absolute atomic E-state index is 11.9. The first-order chi connectivity index (χ1) is 9.36. The van der Waals surface area contributed by atoms with Crippen molar-refractivity contribution in [3.8, 4) is 0 Å². The van der Waals surface area contributed by atoms with E-state index in [1.807, 2.05) is 43.0 Å². The first-order valence-corrected chi connectivity index (χ1v) is 6.54. The van der Waals surface area contributed by atoms with E-state index in [2.05, 4.69) is 5.32 Å². The Bertz CT molecular complexity index is 471. The van der Waals surface area contributed by atoms with E-state index >= 15 is 0 Å². The minimum absolute atomic E-state index is 0.0901. The van der Waals surface area contributed by atoms with Crippen molar-refractivity contribution >= 4 is 17.6 Å². The Hall–Kier alpha value is -2.08. The van der Waals surface area contributed by atoms with Gasteiger partial charge in [-0.2, -0.15) is 0 Å². The van der Waals surface area contributed by atoms with Crippen molar-refractivity contribution in [2.75, 3.05) is 4.90 Å². The standard InChI is InChI=1S/C14H22N4O2/c1-9(2)18(10(3)13(19)17-14(16)20)12-6-4-11(8-15)5-7-12/h4-7,9-10H,8,15H2,1-3H3,(H3,16,17,19,20). The smallest absolute Gasteiger partial charge is 0.318 e. The number of rotatable bonds is 5. The fourth-order valence-corrected chi connectivity index (χ4v) is 2.13. The van der Waals surface area contributed by atoms with E-state index in [1.54, 1.807) is 6.92 Å². The van der Waals surface area contributed by atoms with Crippen LogP contribution < -0.4 is 21.7 Å². The Balaban J connectivity index is 2.97. The van der Waals surface area contributed by atoms with E-state index in [-0.39, 0.29) is 6.04 Å². The normalized spacial score (nSPS) is 12.1. The average Bonchev–Trinajstić information content (AvgIpc) is 2.38. The molecule has 0 heterocycles. The van der Waals surface area contributed by atoms with Gasteiger partial charge in [0.15, 0.2) is 0 Å². The fraction of sp³-hybridized carbons (Fsp3) is 0.429. The van der Waals surface area contributed by atoms with Crippen molar-refractivity contribution in [3.63, 3.8) is 0 Å². The van der Waals surface area contributed by atoms with Gasteiger partial charge in [-0.25, -0.2) is 4.79 Å². The molecule has 0 bridgehead atoms. The van der Waals surface area contributed by atoms with Crippen LogP contribution in [0.1, 0.15) is 26.3 Å². The number of nitrogens with one attached hydrogen (secondary N) is 1. The molecule has 0 spiro atoms. The lowest BCUT2D eigenvalue weighted by atomic mass is 10.1. The van der Waals surface area contributed by atoms with Gasteiger partial charge in [0.1, 0.15) is 6.04 Å². The molecule has 6 heteroatoms. The highest BCUT2D eigenvalue weighted by Crippen LogP contribution is 2.21. The number of amides is 3. The van der Waals surface area contributed by atoms with Crippen LogP contribution in [0.5, 0.6) is 0 Å². The molecule has 0 saturated heterocycles. The van der Waals surface area contributed by atoms with Gasteiger partial charge in [-0.1, -0.05) is 12.1 Å². The number of hydrogen-bond acceptors (Lipinski definition) is 4. The third kappa shape index (κ3) is 3.96. The molecule has 0 aliphatic rings. The number of urea groups is 1. The highest BCUT2D eigenvalue weighted by atomic mass is 16.2. The summed E-state index contributed by atoms with van der Waals surface area (Å²) in [6.07, 6.45) is 0. The van der Waals surface area contributed by atoms with Gasteiger partial charge < -0.3 is 16.4 Å². The van der Waals surface area contributed by atoms with Crippen molar-refractivity contribution < 1.29 is 9.59 Å². The van der Waals surface area contributed by atoms with E-state index in [1.165, 1.54) is 0 Å². The lowest BCUT2D eigenvalue weighted by Gasteiger charge is -2.34. The zero-order chi connectivity index (χ0) is 15.3. The summed E-state index contributed by atoms with van der Waals surface area (Å²) in [5, 5.41) is 2.11. The monoisotopic (exact) mass is 278 g/mol. The Labute approximate surface area is 119 Å². The topological polar surface area (TPSA) is 101 Å². The van der Waals surface area contributed by atoms with Gasteiger partial charge in [0.05, 0.1) is 0 Å². The Morgan fingerprint density at radius 1 is 1.20 bits per heavy atom. The van der Waals surface area contributed by atoms with Crippen molar-refractivity contribution in [1.29, 1.82) is 0 Å². The SMILES string of the molecule is CC(C)N(c1ccc(CN)cc1)C(C)C(=O)NC(N)=O. The third-order valence-corrected chi connectivity index (χ3v) is 3.07. The Kier molecular flexibility index (Phi) is 5.52. The number of benzene rings is 1. The van der Waals surface area contributed by atoms with Gasteiger partial charge in [0.25, 0.3) is 0 Å². The number of imide groups is 1. The molecule has 0 aliphatic carbocycles. The van der Waals surface area contributed by atoms with Gasteiger partial charge in [-0.15, -0.1) is 0 Å². The van der Waals surface area contributed by atoms with Crippen LogP contribution in [0.3, 0.4) is 0 Å². The van der Waals surface area contributed by atoms with Crippen LogP contribution in [0.2, 0.25) is 0 Å². The van der Waals surface area contributed by atoms with Crippen molar-refractivity contribution in [2.24, 2.45) is 11.5 Å². The first kappa shape index (κ1) is 16.0. The van der Waals surface area contributed by atoms with Crippen LogP contribution in [0, 0.1) is 0 Å². The summed E-state index contributed by atoms with van der Waals surface area (Å²) in [5.74, 6) is -0.422. The number of carbonyl (C=O) groups excluding carboxylic acids is 2. The highest BCUT2D eigenvalue weighted by molar-refractivity contribution is 5.97. The maximum atomic E-state index is 11.9. The molecule has 1 unspecified atom stereocenters. The predicted octanol–water partition coefficient (Wildman–Crippen LogP) is 0.944. The molecule has 0 radical (unpaired) electrons. The summed E-state index contributed by atoms with van der Waals surface area (Å²) in [6, 6.07) is 6.40. The fourth-order valence-electron chi connectivity index (χ4n) is 2.13. The maximum Gasteiger partial charge on any atom is 0.318 e. The lowest BCUT2D eigenvalue weighted by Crippen LogP contribution is -2.50. The molecule has 0 saturated carbocycles. The van der Waals surface area contributed by atoms with E-state index < -0.39 is 18.0 Å². The zero-order valence-corrected chi connectivity index (χ0v) is 12.1. The molecule has 20 heavy (non-hydrogen) atoms. The minimum Gasteiger partial charge on any atom is -0.357 e. The van der Waals surface area contributed by atoms with Crippen LogP contribution in [0.15, 0.2) is 24.3 Å². The number of hydrogen-bond donors (Lipinski definition) is 3. The third-order valence-electron chi connectivity index (χ3n) is 3.07. The zero-order valence-electron chi connectivity index (χ0n) is 12.1. The van der Waals surface area contributed by atoms with Gasteiger partial charge in [0, 0.05) is 18.3 Å². The molecule has 6 nitrogen and oxygen atoms in total. The Morgan fingerprint density at radius 2 is 1.75 bits per heavy atom. The van der Waals surface area contributed by atoms with E-state index in [0.29, 0.717) is 6.54 Å². The van der Waals surface area contributed by atoms with E-state index in [0.717, 1.165) is 11.3 Å². The van der Waals surface area contributed by atoms with Gasteiger partial charge in [0.2, 0.25) is 5.91 Å². The second kappa shape index (κ2) is 6.91. The predicted molar refractivity (Wildman–Crippen MR) is 79.1 cm³/mol. The van der Waals surface area contributed by atoms with Crippen LogP contribution in [-0.4, -0.2) is 24.0 Å². The quantitative estimate of drug-likeness (QED) is 0.746. The average molecular weight is 278 g/mol. The number of primary amides is 1. The van der Waals surface area contributed by atoms with Crippen LogP contribution in [-0.2, 0) is 11.3 Å². The summed E-state index contributed by atoms with van der Waals surface area (Å²) < 4.78 is 0. The minimum atomic E-state index is -0.843. The summed E-state index contributed by atoms with van der Waals surface area (Å²) in [6.45, 7) is 6.16. The van der Waals surface area contributed by atoms with Crippen LogP contribution >= 0.6 is 0 Å². The largest absolute Gasteiger partial charge is 0.357 e. The summed E-state index contributed by atoms with van der Waals surface area (Å²) in [7, 11) is 0. The molecular weight excluding hydrogens is 256 g/mol. The first-order valence-electron chi connectivity index (χ1n) is 6.54. The molecule has 3 amide bonds. The second-order valence-electron chi connectivity index (χ2n) is 4.90. The van der Waals surface area contributed by atoms with Crippen molar-refractivity contribution in [1.82, 2.24) is 5.32 Å². The van der Waals surface area contributed by atoms with Gasteiger partial charge >= 0.3 is 6.03 Å². The number of nitrogens with zero attached hydrogens (tertiary/aromatic N) is 1. The molecule has 110 valence electrons. The molecule has 1 atom stereocenters. The number of anilines is 1. The van der Waals surface area contributed by atoms with Crippen molar-refractivity contribution in [2.45, 2.75) is 39.4 Å². The lowest BCUT2D eigenvalue weighted by molar-refractivity contribution is -0.121. The second-order valence-corrected chi connectivity index (χ2v) is 4.90. The molecule has 1 aromatic rings. The Morgan fingerprint density at radius 3 is 2.15 bits per heavy atom. The number of carbonyl (C=O) groups is 2. The van der Waals surface area contributed by atoms with Gasteiger partial charge in [-0.3, -0.25) is 10.1 Å². The molecule has 1 rings (SSSR count). The summed E-state index contributed by atoms with van der Waals surface area (Å²) >= 11 is 0. The van der Waals surface area contributed by atoms with Crippen molar-refractivity contribution in [3.05, 3.63) is 29.8 Å². The number of nitrogens with two attached hydrogens (primary N) is 2. The summed E-state index contributed by atoms with van der Waals surface area (Å²) in [5.41, 5.74) is 12.5. The molecule has 0 aliphatic heterocycles. The van der Waals surface area contributed by atoms with Crippen LogP contribution in [0.4, 0.5) is 10.5 Å². The molecule has 1 aromatic carbocycles. The molecule has 0 fully saturated rings. The van der Waals surface area contributed by atoms with E-state index in [9.17, 15) is 9.59 Å². The van der Waals surface area contributed by atoms with E-state index in [4.69, 9.17) is 11.5 Å². The van der Waals surface area contributed by atoms with Crippen LogP contribution in [0.25, 0.3) is 0 Å².